The molecule has 2 aromatic carbocycles. The van der Waals surface area contributed by atoms with E-state index < -0.39 is 24.0 Å². The Morgan fingerprint density at radius 2 is 1.91 bits per heavy atom. The molecule has 0 saturated carbocycles. The number of benzodiazepines with no additional fused rings is 1. The highest BCUT2D eigenvalue weighted by Crippen LogP contribution is 2.31. The molecule has 1 heterocycles. The van der Waals surface area contributed by atoms with Gasteiger partial charge in [-0.05, 0) is 36.8 Å². The average molecular weight is 449 g/mol. The summed E-state index contributed by atoms with van der Waals surface area (Å²) >= 11 is 6.25. The van der Waals surface area contributed by atoms with Gasteiger partial charge in [0.05, 0.1) is 11.4 Å². The molecule has 2 aliphatic rings. The zero-order chi connectivity index (χ0) is 22.7. The van der Waals surface area contributed by atoms with E-state index in [1.54, 1.807) is 55.6 Å². The lowest BCUT2D eigenvalue weighted by Crippen LogP contribution is -2.50. The van der Waals surface area contributed by atoms with Gasteiger partial charge in [-0.25, -0.2) is 4.79 Å². The molecule has 0 saturated heterocycles. The second-order valence-electron chi connectivity index (χ2n) is 7.42. The van der Waals surface area contributed by atoms with Gasteiger partial charge >= 0.3 is 6.03 Å². The van der Waals surface area contributed by atoms with E-state index in [0.29, 0.717) is 28.4 Å². The van der Waals surface area contributed by atoms with Crippen molar-refractivity contribution in [3.8, 4) is 0 Å². The molecule has 0 radical (unpaired) electrons. The van der Waals surface area contributed by atoms with E-state index in [1.165, 1.54) is 4.90 Å². The number of amides is 4. The maximum absolute atomic E-state index is 13.1. The number of hydrogen-bond donors (Lipinski definition) is 2. The monoisotopic (exact) mass is 448 g/mol. The summed E-state index contributed by atoms with van der Waals surface area (Å²) in [7, 11) is 1.62. The first-order valence-electron chi connectivity index (χ1n) is 10.1. The molecule has 2 unspecified atom stereocenters. The molecule has 8 heteroatoms. The van der Waals surface area contributed by atoms with Crippen LogP contribution in [0.5, 0.6) is 0 Å². The van der Waals surface area contributed by atoms with Crippen molar-refractivity contribution in [2.45, 2.75) is 12.6 Å². The second kappa shape index (κ2) is 9.20. The first kappa shape index (κ1) is 21.5. The van der Waals surface area contributed by atoms with Crippen LogP contribution in [0, 0.1) is 5.92 Å². The van der Waals surface area contributed by atoms with Crippen LogP contribution < -0.4 is 15.5 Å². The third-order valence-electron chi connectivity index (χ3n) is 5.29. The minimum Gasteiger partial charge on any atom is -0.311 e. The number of carbonyl (C=O) groups is 3. The molecule has 7 nitrogen and oxygen atoms in total. The smallest absolute Gasteiger partial charge is 0.311 e. The number of rotatable bonds is 3. The van der Waals surface area contributed by atoms with Crippen LogP contribution in [-0.4, -0.2) is 36.8 Å². The number of urea groups is 1. The predicted molar refractivity (Wildman–Crippen MR) is 124 cm³/mol. The standard InChI is InChI=1S/C24H21ClN4O3/c1-29-19-13-12-17(25)14-18(19)20(15-8-4-2-5-9-15)26-21(23(29)31)27-24(32)28-22(30)16-10-6-3-7-11-16/h2-8,10-15,21H,9H2,1H3,(H2,27,28,30,32). The van der Waals surface area contributed by atoms with Crippen LogP contribution in [0.15, 0.2) is 77.8 Å². The summed E-state index contributed by atoms with van der Waals surface area (Å²) in [5.41, 5.74) is 2.34. The highest BCUT2D eigenvalue weighted by molar-refractivity contribution is 6.31. The van der Waals surface area contributed by atoms with Crippen LogP contribution in [0.25, 0.3) is 0 Å². The zero-order valence-corrected chi connectivity index (χ0v) is 18.0. The molecule has 2 N–H and O–H groups in total. The third-order valence-corrected chi connectivity index (χ3v) is 5.53. The summed E-state index contributed by atoms with van der Waals surface area (Å²) in [4.78, 5) is 44.1. The van der Waals surface area contributed by atoms with Gasteiger partial charge in [0.2, 0.25) is 6.17 Å². The number of likely N-dealkylation sites (N-methyl/N-ethyl adjacent to an activating group) is 1. The molecular formula is C24H21ClN4O3. The summed E-state index contributed by atoms with van der Waals surface area (Å²) < 4.78 is 0. The number of carbonyl (C=O) groups excluding carboxylic acids is 3. The van der Waals surface area contributed by atoms with Gasteiger partial charge in [-0.1, -0.05) is 54.1 Å². The Balaban J connectivity index is 1.64. The van der Waals surface area contributed by atoms with Gasteiger partial charge in [0.25, 0.3) is 11.8 Å². The molecule has 162 valence electrons. The molecule has 0 fully saturated rings. The van der Waals surface area contributed by atoms with Gasteiger partial charge in [0.1, 0.15) is 0 Å². The lowest BCUT2D eigenvalue weighted by molar-refractivity contribution is -0.119. The Hall–Kier alpha value is -3.71. The van der Waals surface area contributed by atoms with Gasteiger partial charge in [0, 0.05) is 29.1 Å². The van der Waals surface area contributed by atoms with Crippen molar-refractivity contribution >= 4 is 40.8 Å². The highest BCUT2D eigenvalue weighted by atomic mass is 35.5. The van der Waals surface area contributed by atoms with Crippen LogP contribution in [0.1, 0.15) is 22.3 Å². The quantitative estimate of drug-likeness (QED) is 0.750. The maximum atomic E-state index is 13.1. The van der Waals surface area contributed by atoms with Crippen molar-refractivity contribution < 1.29 is 14.4 Å². The normalized spacial score (nSPS) is 19.6. The molecule has 0 aromatic heterocycles. The molecule has 1 aliphatic heterocycles. The van der Waals surface area contributed by atoms with Gasteiger partial charge in [-0.15, -0.1) is 0 Å². The van der Waals surface area contributed by atoms with Gasteiger partial charge in [-0.2, -0.15) is 0 Å². The van der Waals surface area contributed by atoms with Gasteiger partial charge in [0.15, 0.2) is 0 Å². The molecular weight excluding hydrogens is 428 g/mol. The predicted octanol–water partition coefficient (Wildman–Crippen LogP) is 3.70. The minimum absolute atomic E-state index is 0.0881. The van der Waals surface area contributed by atoms with Crippen molar-refractivity contribution in [1.82, 2.24) is 10.6 Å². The van der Waals surface area contributed by atoms with Crippen LogP contribution in [0.3, 0.4) is 0 Å². The number of anilines is 1. The van der Waals surface area contributed by atoms with E-state index >= 15 is 0 Å². The average Bonchev–Trinajstić information content (AvgIpc) is 2.90. The lowest BCUT2D eigenvalue weighted by Gasteiger charge is -2.21. The summed E-state index contributed by atoms with van der Waals surface area (Å²) in [6.45, 7) is 0. The van der Waals surface area contributed by atoms with E-state index in [-0.39, 0.29) is 5.92 Å². The van der Waals surface area contributed by atoms with Crippen molar-refractivity contribution in [2.75, 3.05) is 11.9 Å². The Labute approximate surface area is 190 Å². The van der Waals surface area contributed by atoms with Crippen molar-refractivity contribution in [3.05, 3.63) is 89.0 Å². The first-order valence-corrected chi connectivity index (χ1v) is 10.5. The Morgan fingerprint density at radius 1 is 1.12 bits per heavy atom. The summed E-state index contributed by atoms with van der Waals surface area (Å²) in [6.07, 6.45) is 7.37. The van der Waals surface area contributed by atoms with Crippen molar-refractivity contribution in [3.63, 3.8) is 0 Å². The second-order valence-corrected chi connectivity index (χ2v) is 7.86. The van der Waals surface area contributed by atoms with E-state index in [0.717, 1.165) is 5.56 Å². The first-order chi connectivity index (χ1) is 15.4. The van der Waals surface area contributed by atoms with Crippen LogP contribution in [-0.2, 0) is 4.79 Å². The van der Waals surface area contributed by atoms with E-state index in [9.17, 15) is 14.4 Å². The Morgan fingerprint density at radius 3 is 2.62 bits per heavy atom. The number of nitrogens with one attached hydrogen (secondary N) is 2. The fraction of sp³-hybridized carbons (Fsp3) is 0.167. The van der Waals surface area contributed by atoms with E-state index in [1.807, 2.05) is 24.3 Å². The number of benzene rings is 2. The fourth-order valence-electron chi connectivity index (χ4n) is 3.67. The minimum atomic E-state index is -1.20. The molecule has 2 atom stereocenters. The largest absolute Gasteiger partial charge is 0.323 e. The summed E-state index contributed by atoms with van der Waals surface area (Å²) in [5, 5.41) is 5.30. The lowest BCUT2D eigenvalue weighted by atomic mass is 9.90. The molecule has 2 aromatic rings. The van der Waals surface area contributed by atoms with Gasteiger partial charge in [-0.3, -0.25) is 19.9 Å². The number of fused-ring (bicyclic) bond motifs is 1. The summed E-state index contributed by atoms with van der Waals surface area (Å²) in [6, 6.07) is 12.8. The number of imide groups is 1. The third kappa shape index (κ3) is 4.48. The van der Waals surface area contributed by atoms with Crippen LogP contribution in [0.2, 0.25) is 5.02 Å². The van der Waals surface area contributed by atoms with Crippen LogP contribution in [0.4, 0.5) is 10.5 Å². The number of aliphatic imine (C=N–C) groups is 1. The molecule has 4 amide bonds. The number of hydrogen-bond acceptors (Lipinski definition) is 4. The number of halogens is 1. The number of nitrogens with zero attached hydrogens (tertiary/aromatic N) is 2. The van der Waals surface area contributed by atoms with Crippen LogP contribution >= 0.6 is 11.6 Å². The molecule has 4 rings (SSSR count). The SMILES string of the molecule is CN1C(=O)C(NC(=O)NC(=O)c2ccccc2)N=C(C2C=CC=CC2)c2cc(Cl)ccc21. The topological polar surface area (TPSA) is 90.9 Å². The van der Waals surface area contributed by atoms with E-state index in [4.69, 9.17) is 11.6 Å². The van der Waals surface area contributed by atoms with Crippen molar-refractivity contribution in [2.24, 2.45) is 10.9 Å². The van der Waals surface area contributed by atoms with E-state index in [2.05, 4.69) is 15.6 Å². The molecule has 0 bridgehead atoms. The van der Waals surface area contributed by atoms with Crippen molar-refractivity contribution in [1.29, 1.82) is 0 Å². The van der Waals surface area contributed by atoms with Gasteiger partial charge < -0.3 is 10.2 Å². The molecule has 0 spiro atoms. The molecule has 32 heavy (non-hydrogen) atoms. The Bertz CT molecular complexity index is 1160. The fourth-order valence-corrected chi connectivity index (χ4v) is 3.84. The summed E-state index contributed by atoms with van der Waals surface area (Å²) in [5.74, 6) is -1.09. The molecule has 1 aliphatic carbocycles. The Kier molecular flexibility index (Phi) is 6.18. The number of allylic oxidation sites excluding steroid dienone is 4. The highest BCUT2D eigenvalue weighted by Gasteiger charge is 2.33. The maximum Gasteiger partial charge on any atom is 0.323 e. The zero-order valence-electron chi connectivity index (χ0n) is 17.3.